The smallest absolute Gasteiger partial charge is 0.161 e. The third-order valence-corrected chi connectivity index (χ3v) is 5.49. The average Bonchev–Trinajstić information content (AvgIpc) is 2.61. The lowest BCUT2D eigenvalue weighted by atomic mass is 10.2. The molecule has 1 saturated heterocycles. The van der Waals surface area contributed by atoms with Crippen LogP contribution in [0.1, 0.15) is 19.4 Å². The van der Waals surface area contributed by atoms with Crippen molar-refractivity contribution in [1.82, 2.24) is 9.80 Å². The molecule has 6 heteroatoms. The van der Waals surface area contributed by atoms with E-state index in [0.717, 1.165) is 25.4 Å². The first kappa shape index (κ1) is 20.4. The summed E-state index contributed by atoms with van der Waals surface area (Å²) in [5, 5.41) is 10.1. The molecule has 0 saturated carbocycles. The minimum absolute atomic E-state index is 0.260. The molecule has 1 N–H and O–H groups in total. The first-order valence-corrected chi connectivity index (χ1v) is 10.1. The SMILES string of the molecule is COc1cc(CN2CCSCC2)ccc1OC[C@H](O)CN(C)C(C)C. The summed E-state index contributed by atoms with van der Waals surface area (Å²) in [6.07, 6.45) is -0.525. The molecule has 1 aromatic rings. The Morgan fingerprint density at radius 3 is 2.60 bits per heavy atom. The number of aliphatic hydroxyl groups is 1. The van der Waals surface area contributed by atoms with Crippen molar-refractivity contribution in [2.24, 2.45) is 0 Å². The van der Waals surface area contributed by atoms with E-state index >= 15 is 0 Å². The first-order valence-electron chi connectivity index (χ1n) is 8.97. The summed E-state index contributed by atoms with van der Waals surface area (Å²) in [6, 6.07) is 6.48. The van der Waals surface area contributed by atoms with Gasteiger partial charge in [-0.25, -0.2) is 0 Å². The van der Waals surface area contributed by atoms with Gasteiger partial charge in [0.15, 0.2) is 11.5 Å². The Bertz CT molecular complexity index is 521. The van der Waals surface area contributed by atoms with Gasteiger partial charge in [-0.3, -0.25) is 4.90 Å². The molecular formula is C19H32N2O3S. The van der Waals surface area contributed by atoms with Gasteiger partial charge in [-0.15, -0.1) is 0 Å². The van der Waals surface area contributed by atoms with Crippen LogP contribution in [0.5, 0.6) is 11.5 Å². The molecule has 1 atom stereocenters. The Labute approximate surface area is 156 Å². The molecule has 0 amide bonds. The number of benzene rings is 1. The number of likely N-dealkylation sites (N-methyl/N-ethyl adjacent to an activating group) is 1. The Morgan fingerprint density at radius 1 is 1.24 bits per heavy atom. The second kappa shape index (κ2) is 10.3. The number of ether oxygens (including phenoxy) is 2. The van der Waals surface area contributed by atoms with Gasteiger partial charge >= 0.3 is 0 Å². The molecule has 0 bridgehead atoms. The van der Waals surface area contributed by atoms with E-state index in [9.17, 15) is 5.11 Å². The van der Waals surface area contributed by atoms with E-state index in [0.29, 0.717) is 18.3 Å². The van der Waals surface area contributed by atoms with Crippen LogP contribution < -0.4 is 9.47 Å². The second-order valence-corrected chi connectivity index (χ2v) is 8.10. The van der Waals surface area contributed by atoms with E-state index in [1.807, 2.05) is 30.9 Å². The van der Waals surface area contributed by atoms with Crippen LogP contribution in [0.3, 0.4) is 0 Å². The van der Waals surface area contributed by atoms with Gasteiger partial charge in [0.1, 0.15) is 12.7 Å². The highest BCUT2D eigenvalue weighted by molar-refractivity contribution is 7.99. The highest BCUT2D eigenvalue weighted by atomic mass is 32.2. The number of rotatable bonds is 9. The van der Waals surface area contributed by atoms with Gasteiger partial charge in [-0.2, -0.15) is 11.8 Å². The largest absolute Gasteiger partial charge is 0.493 e. The Morgan fingerprint density at radius 2 is 1.96 bits per heavy atom. The monoisotopic (exact) mass is 368 g/mol. The molecule has 0 spiro atoms. The van der Waals surface area contributed by atoms with E-state index in [1.165, 1.54) is 17.1 Å². The highest BCUT2D eigenvalue weighted by Gasteiger charge is 2.15. The van der Waals surface area contributed by atoms with E-state index in [4.69, 9.17) is 9.47 Å². The summed E-state index contributed by atoms with van der Waals surface area (Å²) in [5.41, 5.74) is 1.23. The number of aliphatic hydroxyl groups excluding tert-OH is 1. The van der Waals surface area contributed by atoms with Crippen molar-refractivity contribution in [3.05, 3.63) is 23.8 Å². The Hall–Kier alpha value is -0.950. The zero-order chi connectivity index (χ0) is 18.2. The average molecular weight is 369 g/mol. The van der Waals surface area contributed by atoms with Crippen molar-refractivity contribution in [3.63, 3.8) is 0 Å². The van der Waals surface area contributed by atoms with Crippen LogP contribution in [-0.2, 0) is 6.54 Å². The molecule has 0 unspecified atom stereocenters. The maximum absolute atomic E-state index is 10.1. The van der Waals surface area contributed by atoms with Crippen molar-refractivity contribution in [1.29, 1.82) is 0 Å². The summed E-state index contributed by atoms with van der Waals surface area (Å²) in [6.45, 7) is 8.29. The Balaban J connectivity index is 1.89. The van der Waals surface area contributed by atoms with Crippen LogP contribution in [0.4, 0.5) is 0 Å². The molecule has 1 aliphatic heterocycles. The topological polar surface area (TPSA) is 45.2 Å². The van der Waals surface area contributed by atoms with Crippen molar-refractivity contribution in [2.45, 2.75) is 32.5 Å². The lowest BCUT2D eigenvalue weighted by molar-refractivity contribution is 0.0668. The zero-order valence-corrected chi connectivity index (χ0v) is 16.7. The minimum atomic E-state index is -0.525. The number of hydrogen-bond acceptors (Lipinski definition) is 6. The summed E-state index contributed by atoms with van der Waals surface area (Å²) in [4.78, 5) is 4.57. The standard InChI is InChI=1S/C19H32N2O3S/c1-15(2)20(3)13-17(22)14-24-18-6-5-16(11-19(18)23-4)12-21-7-9-25-10-8-21/h5-6,11,15,17,22H,7-10,12-14H2,1-4H3/t17-/m1/s1. The Kier molecular flexibility index (Phi) is 8.36. The van der Waals surface area contributed by atoms with Crippen LogP contribution in [0, 0.1) is 0 Å². The molecule has 1 fully saturated rings. The molecule has 0 aliphatic carbocycles. The molecule has 25 heavy (non-hydrogen) atoms. The van der Waals surface area contributed by atoms with Gasteiger partial charge in [-0.05, 0) is 38.6 Å². The van der Waals surface area contributed by atoms with Crippen LogP contribution in [0.15, 0.2) is 18.2 Å². The minimum Gasteiger partial charge on any atom is -0.493 e. The molecule has 2 rings (SSSR count). The fourth-order valence-corrected chi connectivity index (χ4v) is 3.71. The van der Waals surface area contributed by atoms with E-state index < -0.39 is 6.10 Å². The molecule has 1 aromatic carbocycles. The lowest BCUT2D eigenvalue weighted by Crippen LogP contribution is -2.37. The van der Waals surface area contributed by atoms with Gasteiger partial charge in [0.2, 0.25) is 0 Å². The van der Waals surface area contributed by atoms with Crippen LogP contribution in [-0.4, -0.2) is 79.0 Å². The van der Waals surface area contributed by atoms with Gasteiger partial charge in [0, 0.05) is 43.7 Å². The molecule has 0 aromatic heterocycles. The first-order chi connectivity index (χ1) is 12.0. The molecule has 5 nitrogen and oxygen atoms in total. The molecule has 1 heterocycles. The summed E-state index contributed by atoms with van der Waals surface area (Å²) in [5.74, 6) is 3.84. The molecular weight excluding hydrogens is 336 g/mol. The normalized spacial score (nSPS) is 17.1. The van der Waals surface area contributed by atoms with E-state index in [1.54, 1.807) is 7.11 Å². The predicted octanol–water partition coefficient (Wildman–Crippen LogP) is 2.32. The lowest BCUT2D eigenvalue weighted by Gasteiger charge is -2.26. The zero-order valence-electron chi connectivity index (χ0n) is 15.9. The maximum Gasteiger partial charge on any atom is 0.161 e. The third-order valence-electron chi connectivity index (χ3n) is 4.55. The van der Waals surface area contributed by atoms with E-state index in [-0.39, 0.29) is 6.61 Å². The fraction of sp³-hybridized carbons (Fsp3) is 0.684. The third kappa shape index (κ3) is 6.70. The van der Waals surface area contributed by atoms with Crippen LogP contribution >= 0.6 is 11.8 Å². The quantitative estimate of drug-likeness (QED) is 0.722. The van der Waals surface area contributed by atoms with Gasteiger partial charge in [-0.1, -0.05) is 6.07 Å². The summed E-state index contributed by atoms with van der Waals surface area (Å²) >= 11 is 2.02. The van der Waals surface area contributed by atoms with Crippen LogP contribution in [0.2, 0.25) is 0 Å². The van der Waals surface area contributed by atoms with Crippen molar-refractivity contribution >= 4 is 11.8 Å². The number of thioether (sulfide) groups is 1. The molecule has 1 aliphatic rings. The number of methoxy groups -OCH3 is 1. The van der Waals surface area contributed by atoms with Gasteiger partial charge in [0.25, 0.3) is 0 Å². The van der Waals surface area contributed by atoms with Crippen LogP contribution in [0.25, 0.3) is 0 Å². The number of nitrogens with zero attached hydrogens (tertiary/aromatic N) is 2. The fourth-order valence-electron chi connectivity index (χ4n) is 2.73. The van der Waals surface area contributed by atoms with Crippen molar-refractivity contribution < 1.29 is 14.6 Å². The van der Waals surface area contributed by atoms with Crippen molar-refractivity contribution in [2.75, 3.05) is 51.9 Å². The maximum atomic E-state index is 10.1. The van der Waals surface area contributed by atoms with Crippen molar-refractivity contribution in [3.8, 4) is 11.5 Å². The molecule has 142 valence electrons. The van der Waals surface area contributed by atoms with Gasteiger partial charge < -0.3 is 19.5 Å². The highest BCUT2D eigenvalue weighted by Crippen LogP contribution is 2.29. The summed E-state index contributed by atoms with van der Waals surface area (Å²) < 4.78 is 11.3. The summed E-state index contributed by atoms with van der Waals surface area (Å²) in [7, 11) is 3.66. The molecule has 0 radical (unpaired) electrons. The van der Waals surface area contributed by atoms with Gasteiger partial charge in [0.05, 0.1) is 7.11 Å². The predicted molar refractivity (Wildman–Crippen MR) is 105 cm³/mol. The second-order valence-electron chi connectivity index (χ2n) is 6.87. The van der Waals surface area contributed by atoms with E-state index in [2.05, 4.69) is 29.7 Å². The number of hydrogen-bond donors (Lipinski definition) is 1.